The molecular weight excluding hydrogens is 241 g/mol. The van der Waals surface area contributed by atoms with Gasteiger partial charge in [-0.25, -0.2) is 0 Å². The van der Waals surface area contributed by atoms with Crippen LogP contribution in [0.15, 0.2) is 18.2 Å². The van der Waals surface area contributed by atoms with Crippen molar-refractivity contribution in [3.05, 3.63) is 29.3 Å². The van der Waals surface area contributed by atoms with Crippen LogP contribution in [0.25, 0.3) is 0 Å². The Kier molecular flexibility index (Phi) is 3.20. The van der Waals surface area contributed by atoms with E-state index >= 15 is 0 Å². The van der Waals surface area contributed by atoms with E-state index in [0.29, 0.717) is 23.0 Å². The molecule has 1 aromatic carbocycles. The molecule has 0 bridgehead atoms. The van der Waals surface area contributed by atoms with Crippen molar-refractivity contribution in [2.75, 3.05) is 6.16 Å². The van der Waals surface area contributed by atoms with Crippen LogP contribution in [0.3, 0.4) is 0 Å². The Balaban J connectivity index is 2.22. The fourth-order valence-corrected chi connectivity index (χ4v) is 1.88. The van der Waals surface area contributed by atoms with Crippen LogP contribution < -0.4 is 10.1 Å². The molecule has 0 radical (unpaired) electrons. The summed E-state index contributed by atoms with van der Waals surface area (Å²) in [6, 6.07) is 4.69. The Labute approximate surface area is 99.4 Å². The van der Waals surface area contributed by atoms with Crippen molar-refractivity contribution in [2.45, 2.75) is 13.0 Å². The quantitative estimate of drug-likeness (QED) is 0.652. The maximum absolute atomic E-state index is 11.4. The van der Waals surface area contributed by atoms with Gasteiger partial charge in [-0.15, -0.1) is 0 Å². The summed E-state index contributed by atoms with van der Waals surface area (Å²) in [5.41, 5.74) is 0.677. The summed E-state index contributed by atoms with van der Waals surface area (Å²) in [6.07, 6.45) is 0.162. The van der Waals surface area contributed by atoms with Crippen molar-refractivity contribution in [3.63, 3.8) is 0 Å². The molecule has 0 saturated carbocycles. The maximum Gasteiger partial charge on any atom is 0.259 e. The standard InChI is InChI=1S/C11H10NO4P/c1-6(5-17-15)16-7-2-3-8-9(4-7)11(14)12-10(8)13/h2-4,6H,5H2,1H3,(H,12,13,14)/t6-/m1/s1. The molecule has 0 saturated heterocycles. The Morgan fingerprint density at radius 2 is 2.00 bits per heavy atom. The number of nitrogens with one attached hydrogen (secondary N) is 1. The van der Waals surface area contributed by atoms with E-state index in [-0.39, 0.29) is 20.5 Å². The lowest BCUT2D eigenvalue weighted by atomic mass is 10.1. The number of amides is 2. The number of hydrogen-bond donors (Lipinski definition) is 1. The Morgan fingerprint density at radius 3 is 2.71 bits per heavy atom. The molecule has 1 aliphatic heterocycles. The first-order valence-electron chi connectivity index (χ1n) is 5.07. The molecule has 0 fully saturated rings. The fourth-order valence-electron chi connectivity index (χ4n) is 1.59. The third-order valence-electron chi connectivity index (χ3n) is 2.38. The number of carbonyl (C=O) groups is 2. The minimum atomic E-state index is -0.412. The average Bonchev–Trinajstić information content (AvgIpc) is 2.55. The van der Waals surface area contributed by atoms with Crippen molar-refractivity contribution < 1.29 is 18.9 Å². The van der Waals surface area contributed by atoms with Crippen LogP contribution in [0.5, 0.6) is 5.75 Å². The molecule has 0 aromatic heterocycles. The van der Waals surface area contributed by atoms with Gasteiger partial charge in [-0.3, -0.25) is 19.5 Å². The van der Waals surface area contributed by atoms with E-state index in [4.69, 9.17) is 4.74 Å². The van der Waals surface area contributed by atoms with Gasteiger partial charge >= 0.3 is 0 Å². The van der Waals surface area contributed by atoms with E-state index in [1.54, 1.807) is 19.1 Å². The highest BCUT2D eigenvalue weighted by Crippen LogP contribution is 2.22. The number of rotatable bonds is 4. The van der Waals surface area contributed by atoms with E-state index < -0.39 is 5.91 Å². The van der Waals surface area contributed by atoms with Gasteiger partial charge in [0.25, 0.3) is 11.8 Å². The largest absolute Gasteiger partial charge is 0.490 e. The average molecular weight is 251 g/mol. The number of carbonyl (C=O) groups excluding carboxylic acids is 2. The van der Waals surface area contributed by atoms with Gasteiger partial charge in [0, 0.05) is 0 Å². The molecule has 6 heteroatoms. The minimum absolute atomic E-state index is 0.0135. The van der Waals surface area contributed by atoms with E-state index in [0.717, 1.165) is 0 Å². The normalized spacial score (nSPS) is 15.6. The lowest BCUT2D eigenvalue weighted by Gasteiger charge is -2.11. The first-order valence-corrected chi connectivity index (χ1v) is 6.07. The number of hydrogen-bond acceptors (Lipinski definition) is 4. The Bertz CT molecular complexity index is 500. The third-order valence-corrected chi connectivity index (χ3v) is 3.04. The lowest BCUT2D eigenvalue weighted by Crippen LogP contribution is -2.19. The van der Waals surface area contributed by atoms with E-state index in [1.807, 2.05) is 0 Å². The molecule has 2 rings (SSSR count). The molecule has 17 heavy (non-hydrogen) atoms. The molecule has 1 heterocycles. The Morgan fingerprint density at radius 1 is 1.29 bits per heavy atom. The zero-order valence-electron chi connectivity index (χ0n) is 9.10. The summed E-state index contributed by atoms with van der Waals surface area (Å²) in [5.74, 6) is -0.308. The Hall–Kier alpha value is -1.74. The zero-order valence-corrected chi connectivity index (χ0v) is 9.99. The SMILES string of the molecule is C[C@H](CP=O)Oc1ccc2c(c1)C(=O)NC2=O. The second-order valence-electron chi connectivity index (χ2n) is 3.73. The highest BCUT2D eigenvalue weighted by molar-refractivity contribution is 7.23. The number of ether oxygens (including phenoxy) is 1. The first kappa shape index (κ1) is 11.7. The highest BCUT2D eigenvalue weighted by Gasteiger charge is 2.27. The van der Waals surface area contributed by atoms with Crippen LogP contribution in [-0.2, 0) is 4.57 Å². The molecule has 1 N–H and O–H groups in total. The molecule has 0 aliphatic carbocycles. The molecule has 1 aliphatic rings. The van der Waals surface area contributed by atoms with E-state index in [2.05, 4.69) is 5.32 Å². The summed E-state index contributed by atoms with van der Waals surface area (Å²) >= 11 is 0. The van der Waals surface area contributed by atoms with Gasteiger partial charge in [0.2, 0.25) is 0 Å². The van der Waals surface area contributed by atoms with Gasteiger partial charge in [-0.2, -0.15) is 0 Å². The van der Waals surface area contributed by atoms with E-state index in [1.165, 1.54) is 6.07 Å². The fraction of sp³-hybridized carbons (Fsp3) is 0.273. The predicted molar refractivity (Wildman–Crippen MR) is 60.8 cm³/mol. The molecule has 2 amide bonds. The minimum Gasteiger partial charge on any atom is -0.490 e. The van der Waals surface area contributed by atoms with Crippen LogP contribution >= 0.6 is 8.46 Å². The smallest absolute Gasteiger partial charge is 0.259 e. The van der Waals surface area contributed by atoms with Gasteiger partial charge in [-0.1, -0.05) is 0 Å². The molecule has 1 atom stereocenters. The van der Waals surface area contributed by atoms with Gasteiger partial charge in [0.15, 0.2) is 8.46 Å². The maximum atomic E-state index is 11.4. The lowest BCUT2D eigenvalue weighted by molar-refractivity contribution is 0.0879. The van der Waals surface area contributed by atoms with Gasteiger partial charge in [0.05, 0.1) is 17.3 Å². The molecule has 0 unspecified atom stereocenters. The summed E-state index contributed by atoms with van der Waals surface area (Å²) in [7, 11) is 0.0135. The summed E-state index contributed by atoms with van der Waals surface area (Å²) in [4.78, 5) is 22.7. The summed E-state index contributed by atoms with van der Waals surface area (Å²) in [5, 5.41) is 2.20. The summed E-state index contributed by atoms with van der Waals surface area (Å²) < 4.78 is 15.9. The van der Waals surface area contributed by atoms with E-state index in [9.17, 15) is 14.2 Å². The van der Waals surface area contributed by atoms with Crippen LogP contribution in [0.1, 0.15) is 27.6 Å². The summed E-state index contributed by atoms with van der Waals surface area (Å²) in [6.45, 7) is 1.78. The van der Waals surface area contributed by atoms with Crippen LogP contribution in [0.4, 0.5) is 0 Å². The zero-order chi connectivity index (χ0) is 12.4. The van der Waals surface area contributed by atoms with Crippen molar-refractivity contribution in [3.8, 4) is 5.75 Å². The molecule has 88 valence electrons. The molecule has 5 nitrogen and oxygen atoms in total. The predicted octanol–water partition coefficient (Wildman–Crippen LogP) is 1.63. The monoisotopic (exact) mass is 251 g/mol. The van der Waals surface area contributed by atoms with Gasteiger partial charge in [0.1, 0.15) is 11.9 Å². The number of fused-ring (bicyclic) bond motifs is 1. The van der Waals surface area contributed by atoms with Crippen LogP contribution in [-0.4, -0.2) is 24.1 Å². The number of imide groups is 1. The van der Waals surface area contributed by atoms with Crippen molar-refractivity contribution in [1.82, 2.24) is 5.32 Å². The molecule has 1 aromatic rings. The van der Waals surface area contributed by atoms with Crippen LogP contribution in [0, 0.1) is 0 Å². The van der Waals surface area contributed by atoms with Crippen molar-refractivity contribution >= 4 is 20.3 Å². The topological polar surface area (TPSA) is 72.5 Å². The first-order chi connectivity index (χ1) is 8.11. The van der Waals surface area contributed by atoms with Crippen LogP contribution in [0.2, 0.25) is 0 Å². The van der Waals surface area contributed by atoms with Gasteiger partial charge < -0.3 is 4.74 Å². The number of benzene rings is 1. The van der Waals surface area contributed by atoms with Gasteiger partial charge in [-0.05, 0) is 25.1 Å². The molecule has 0 spiro atoms. The highest BCUT2D eigenvalue weighted by atomic mass is 31.1. The van der Waals surface area contributed by atoms with Crippen molar-refractivity contribution in [1.29, 1.82) is 0 Å². The second-order valence-corrected chi connectivity index (χ2v) is 4.35. The van der Waals surface area contributed by atoms with Crippen molar-refractivity contribution in [2.24, 2.45) is 0 Å². The molecular formula is C11H10NO4P. The second kappa shape index (κ2) is 4.63. The third kappa shape index (κ3) is 2.34.